The maximum atomic E-state index is 8.52. The van der Waals surface area contributed by atoms with Crippen LogP contribution in [0.1, 0.15) is 12.0 Å². The molecule has 1 heterocycles. The quantitative estimate of drug-likeness (QED) is 0.793. The van der Waals surface area contributed by atoms with Crippen molar-refractivity contribution < 1.29 is 9.64 Å². The second kappa shape index (κ2) is 5.00. The summed E-state index contributed by atoms with van der Waals surface area (Å²) >= 11 is 0. The summed E-state index contributed by atoms with van der Waals surface area (Å²) in [7, 11) is 2.11. The molecule has 0 bridgehead atoms. The first-order valence-corrected chi connectivity index (χ1v) is 5.72. The largest absolute Gasteiger partial charge is 0.484 e. The first-order chi connectivity index (χ1) is 7.79. The molecule has 0 saturated heterocycles. The number of nitrogens with zero attached hydrogens (tertiary/aromatic N) is 1. The van der Waals surface area contributed by atoms with Crippen LogP contribution in [0.3, 0.4) is 0 Å². The van der Waals surface area contributed by atoms with Gasteiger partial charge in [-0.1, -0.05) is 18.2 Å². The van der Waals surface area contributed by atoms with Gasteiger partial charge >= 0.3 is 0 Å². The molecule has 0 spiro atoms. The fourth-order valence-electron chi connectivity index (χ4n) is 2.13. The van der Waals surface area contributed by atoms with E-state index in [0.717, 1.165) is 25.3 Å². The van der Waals surface area contributed by atoms with Crippen LogP contribution >= 0.6 is 0 Å². The van der Waals surface area contributed by atoms with Gasteiger partial charge in [0, 0.05) is 6.42 Å². The first-order valence-electron chi connectivity index (χ1n) is 5.72. The lowest BCUT2D eigenvalue weighted by molar-refractivity contribution is -0.881. The molecule has 0 fully saturated rings. The Kier molecular flexibility index (Phi) is 3.43. The molecule has 3 heteroatoms. The Morgan fingerprint density at radius 1 is 1.50 bits per heavy atom. The Bertz CT molecular complexity index is 372. The number of ether oxygens (including phenoxy) is 1. The van der Waals surface area contributed by atoms with Crippen LogP contribution in [0.5, 0.6) is 5.75 Å². The first kappa shape index (κ1) is 11.0. The normalized spacial score (nSPS) is 19.6. The highest BCUT2D eigenvalue weighted by Gasteiger charge is 2.24. The average Bonchev–Trinajstić information content (AvgIpc) is 2.68. The molecule has 3 nitrogen and oxygen atoms in total. The van der Waals surface area contributed by atoms with Crippen LogP contribution in [0.25, 0.3) is 0 Å². The second-order valence-electron chi connectivity index (χ2n) is 4.37. The predicted octanol–water partition coefficient (Wildman–Crippen LogP) is 0.418. The lowest BCUT2D eigenvalue weighted by Gasteiger charge is -2.16. The topological polar surface area (TPSA) is 37.5 Å². The minimum atomic E-state index is 0.274. The van der Waals surface area contributed by atoms with Gasteiger partial charge in [0.25, 0.3) is 0 Å². The molecule has 0 aliphatic carbocycles. The van der Waals surface area contributed by atoms with E-state index >= 15 is 0 Å². The number of hydrogen-bond acceptors (Lipinski definition) is 2. The Hall–Kier alpha value is -1.53. The van der Waals surface area contributed by atoms with Crippen molar-refractivity contribution in [2.24, 2.45) is 0 Å². The summed E-state index contributed by atoms with van der Waals surface area (Å²) in [6.07, 6.45) is 1.89. The van der Waals surface area contributed by atoms with Gasteiger partial charge in [0.2, 0.25) is 0 Å². The highest BCUT2D eigenvalue weighted by Crippen LogP contribution is 2.27. The zero-order chi connectivity index (χ0) is 11.4. The third kappa shape index (κ3) is 2.53. The van der Waals surface area contributed by atoms with Gasteiger partial charge in [-0.2, -0.15) is 5.26 Å². The standard InChI is InChI=1S/C13H16N2O/c1-15(8-4-7-14)10-12-9-11-5-2-3-6-13(11)16-12/h2-3,5-6,12H,4,8-10H2,1H3/p+1. The van der Waals surface area contributed by atoms with Gasteiger partial charge in [0.05, 0.1) is 26.1 Å². The fraction of sp³-hybridized carbons (Fsp3) is 0.462. The van der Waals surface area contributed by atoms with E-state index in [1.54, 1.807) is 0 Å². The van der Waals surface area contributed by atoms with E-state index in [1.807, 2.05) is 12.1 Å². The van der Waals surface area contributed by atoms with E-state index in [2.05, 4.69) is 25.2 Å². The SMILES string of the molecule is C[NH+](CCC#N)CC1Cc2ccccc2O1. The van der Waals surface area contributed by atoms with Gasteiger partial charge in [-0.15, -0.1) is 0 Å². The van der Waals surface area contributed by atoms with Gasteiger partial charge in [-0.05, 0) is 11.6 Å². The summed E-state index contributed by atoms with van der Waals surface area (Å²) in [5.74, 6) is 1.03. The zero-order valence-electron chi connectivity index (χ0n) is 9.57. The monoisotopic (exact) mass is 217 g/mol. The van der Waals surface area contributed by atoms with Crippen LogP contribution in [-0.4, -0.2) is 26.2 Å². The maximum absolute atomic E-state index is 8.52. The van der Waals surface area contributed by atoms with Gasteiger partial charge in [0.15, 0.2) is 6.10 Å². The molecule has 0 aromatic heterocycles. The van der Waals surface area contributed by atoms with Crippen LogP contribution in [0, 0.1) is 11.3 Å². The molecule has 0 amide bonds. The molecule has 2 rings (SSSR count). The smallest absolute Gasteiger partial charge is 0.151 e. The number of quaternary nitrogens is 1. The summed E-state index contributed by atoms with van der Waals surface area (Å²) in [6.45, 7) is 1.86. The Labute approximate surface area is 96.2 Å². The number of benzene rings is 1. The van der Waals surface area contributed by atoms with Crippen LogP contribution in [0.4, 0.5) is 0 Å². The van der Waals surface area contributed by atoms with E-state index in [4.69, 9.17) is 10.00 Å². The van der Waals surface area contributed by atoms with Gasteiger partial charge in [-0.25, -0.2) is 0 Å². The summed E-state index contributed by atoms with van der Waals surface area (Å²) < 4.78 is 5.85. The number of hydrogen-bond donors (Lipinski definition) is 1. The van der Waals surface area contributed by atoms with Crippen molar-refractivity contribution in [1.82, 2.24) is 0 Å². The van der Waals surface area contributed by atoms with Crippen LogP contribution in [0.15, 0.2) is 24.3 Å². The van der Waals surface area contributed by atoms with Crippen molar-refractivity contribution in [2.45, 2.75) is 18.9 Å². The molecule has 2 atom stereocenters. The number of nitriles is 1. The Morgan fingerprint density at radius 2 is 2.31 bits per heavy atom. The minimum absolute atomic E-state index is 0.274. The summed E-state index contributed by atoms with van der Waals surface area (Å²) in [4.78, 5) is 1.36. The van der Waals surface area contributed by atoms with Crippen LogP contribution in [0.2, 0.25) is 0 Å². The lowest BCUT2D eigenvalue weighted by Crippen LogP contribution is -3.10. The molecule has 1 N–H and O–H groups in total. The molecule has 1 aliphatic heterocycles. The summed E-state index contributed by atoms with van der Waals surface area (Å²) in [5, 5.41) is 8.52. The second-order valence-corrected chi connectivity index (χ2v) is 4.37. The van der Waals surface area contributed by atoms with Crippen molar-refractivity contribution >= 4 is 0 Å². The molecule has 0 saturated carbocycles. The zero-order valence-corrected chi connectivity index (χ0v) is 9.57. The van der Waals surface area contributed by atoms with Crippen LogP contribution < -0.4 is 9.64 Å². The predicted molar refractivity (Wildman–Crippen MR) is 61.4 cm³/mol. The van der Waals surface area contributed by atoms with Crippen molar-refractivity contribution in [2.75, 3.05) is 20.1 Å². The highest BCUT2D eigenvalue weighted by molar-refractivity contribution is 5.37. The van der Waals surface area contributed by atoms with E-state index in [9.17, 15) is 0 Å². The third-order valence-corrected chi connectivity index (χ3v) is 2.95. The minimum Gasteiger partial charge on any atom is -0.484 e. The molecule has 84 valence electrons. The Balaban J connectivity index is 1.85. The van der Waals surface area contributed by atoms with Crippen molar-refractivity contribution in [3.05, 3.63) is 29.8 Å². The van der Waals surface area contributed by atoms with E-state index in [-0.39, 0.29) is 6.10 Å². The van der Waals surface area contributed by atoms with Crippen molar-refractivity contribution in [3.63, 3.8) is 0 Å². The summed E-state index contributed by atoms with van der Waals surface area (Å²) in [5.41, 5.74) is 1.31. The molecule has 16 heavy (non-hydrogen) atoms. The molecular formula is C13H17N2O+. The number of nitrogens with one attached hydrogen (secondary N) is 1. The molecule has 0 radical (unpaired) electrons. The Morgan fingerprint density at radius 3 is 3.06 bits per heavy atom. The highest BCUT2D eigenvalue weighted by atomic mass is 16.5. The van der Waals surface area contributed by atoms with Crippen molar-refractivity contribution in [1.29, 1.82) is 5.26 Å². The fourth-order valence-corrected chi connectivity index (χ4v) is 2.13. The molecular weight excluding hydrogens is 200 g/mol. The van der Waals surface area contributed by atoms with Gasteiger partial charge < -0.3 is 9.64 Å². The van der Waals surface area contributed by atoms with E-state index < -0.39 is 0 Å². The number of likely N-dealkylation sites (N-methyl/N-ethyl adjacent to an activating group) is 1. The van der Waals surface area contributed by atoms with Gasteiger partial charge in [-0.3, -0.25) is 0 Å². The molecule has 2 unspecified atom stereocenters. The average molecular weight is 217 g/mol. The molecule has 1 aromatic rings. The maximum Gasteiger partial charge on any atom is 0.151 e. The summed E-state index contributed by atoms with van der Waals surface area (Å²) in [6, 6.07) is 10.4. The third-order valence-electron chi connectivity index (χ3n) is 2.95. The lowest BCUT2D eigenvalue weighted by atomic mass is 10.1. The number of rotatable bonds is 4. The van der Waals surface area contributed by atoms with Gasteiger partial charge in [0.1, 0.15) is 12.3 Å². The van der Waals surface area contributed by atoms with E-state index in [0.29, 0.717) is 6.42 Å². The number of para-hydroxylation sites is 1. The molecule has 1 aliphatic rings. The van der Waals surface area contributed by atoms with Crippen LogP contribution in [-0.2, 0) is 6.42 Å². The number of fused-ring (bicyclic) bond motifs is 1. The van der Waals surface area contributed by atoms with E-state index in [1.165, 1.54) is 10.5 Å². The molecule has 1 aromatic carbocycles. The van der Waals surface area contributed by atoms with Crippen molar-refractivity contribution in [3.8, 4) is 11.8 Å².